The van der Waals surface area contributed by atoms with Crippen LogP contribution in [0.4, 0.5) is 10.5 Å². The summed E-state index contributed by atoms with van der Waals surface area (Å²) in [5.41, 5.74) is 5.58. The highest BCUT2D eigenvalue weighted by molar-refractivity contribution is 7.17. The zero-order valence-corrected chi connectivity index (χ0v) is 14.7. The fourth-order valence-corrected chi connectivity index (χ4v) is 3.38. The number of anilines is 1. The van der Waals surface area contributed by atoms with Crippen molar-refractivity contribution in [2.45, 2.75) is 0 Å². The average Bonchev–Trinajstić information content (AvgIpc) is 3.04. The Kier molecular flexibility index (Phi) is 5.06. The van der Waals surface area contributed by atoms with Crippen molar-refractivity contribution in [3.8, 4) is 5.75 Å². The first-order valence-electron chi connectivity index (χ1n) is 7.25. The van der Waals surface area contributed by atoms with E-state index in [0.717, 1.165) is 10.1 Å². The molecule has 0 atom stereocenters. The first-order chi connectivity index (χ1) is 12.1. The summed E-state index contributed by atoms with van der Waals surface area (Å²) in [5, 5.41) is 5.60. The van der Waals surface area contributed by atoms with E-state index < -0.39 is 11.9 Å². The van der Waals surface area contributed by atoms with Gasteiger partial charge in [0.05, 0.1) is 18.4 Å². The highest BCUT2D eigenvalue weighted by Gasteiger charge is 2.13. The van der Waals surface area contributed by atoms with Gasteiger partial charge in [0.2, 0.25) is 0 Å². The monoisotopic (exact) mass is 375 g/mol. The second-order valence-electron chi connectivity index (χ2n) is 5.02. The second-order valence-corrected chi connectivity index (χ2v) is 6.37. The Labute approximate surface area is 152 Å². The number of carbonyl (C=O) groups excluding carboxylic acids is 2. The standard InChI is InChI=1S/C17H14ClN3O3S/c1-24-14-7-6-10(18)8-13(14)19-17(23)21-20-16(22)12-9-25-15-5-3-2-4-11(12)15/h2-9H,1H3,(H,20,22)(H2,19,21,23). The molecule has 3 aromatic rings. The normalized spacial score (nSPS) is 10.3. The molecule has 0 spiro atoms. The molecule has 0 bridgehead atoms. The number of carbonyl (C=O) groups is 2. The molecule has 128 valence electrons. The van der Waals surface area contributed by atoms with Crippen LogP contribution in [0, 0.1) is 0 Å². The first-order valence-corrected chi connectivity index (χ1v) is 8.51. The van der Waals surface area contributed by atoms with Crippen LogP contribution in [0.25, 0.3) is 10.1 Å². The number of amides is 3. The molecule has 0 fully saturated rings. The van der Waals surface area contributed by atoms with Crippen molar-refractivity contribution in [2.75, 3.05) is 12.4 Å². The van der Waals surface area contributed by atoms with Crippen LogP contribution in [0.5, 0.6) is 5.75 Å². The van der Waals surface area contributed by atoms with Gasteiger partial charge >= 0.3 is 6.03 Å². The minimum Gasteiger partial charge on any atom is -0.495 e. The third-order valence-electron chi connectivity index (χ3n) is 3.42. The molecule has 0 aliphatic carbocycles. The van der Waals surface area contributed by atoms with Crippen molar-refractivity contribution in [1.29, 1.82) is 0 Å². The van der Waals surface area contributed by atoms with Gasteiger partial charge in [-0.25, -0.2) is 10.2 Å². The predicted molar refractivity (Wildman–Crippen MR) is 99.4 cm³/mol. The molecule has 0 saturated heterocycles. The van der Waals surface area contributed by atoms with Gasteiger partial charge in [0.15, 0.2) is 0 Å². The lowest BCUT2D eigenvalue weighted by molar-refractivity contribution is 0.0940. The van der Waals surface area contributed by atoms with Gasteiger partial charge in [0.25, 0.3) is 5.91 Å². The molecule has 1 aromatic heterocycles. The second kappa shape index (κ2) is 7.42. The molecule has 25 heavy (non-hydrogen) atoms. The molecule has 1 heterocycles. The molecule has 8 heteroatoms. The average molecular weight is 376 g/mol. The molecular formula is C17H14ClN3O3S. The van der Waals surface area contributed by atoms with Gasteiger partial charge in [-0.1, -0.05) is 29.8 Å². The number of halogens is 1. The lowest BCUT2D eigenvalue weighted by Crippen LogP contribution is -2.43. The molecule has 0 aliphatic heterocycles. The van der Waals surface area contributed by atoms with E-state index in [4.69, 9.17) is 16.3 Å². The van der Waals surface area contributed by atoms with Gasteiger partial charge in [-0.05, 0) is 24.3 Å². The van der Waals surface area contributed by atoms with Gasteiger partial charge in [-0.3, -0.25) is 10.2 Å². The predicted octanol–water partition coefficient (Wildman–Crippen LogP) is 4.03. The summed E-state index contributed by atoms with van der Waals surface area (Å²) in [6, 6.07) is 11.8. The highest BCUT2D eigenvalue weighted by Crippen LogP contribution is 2.27. The van der Waals surface area contributed by atoms with Crippen LogP contribution in [-0.2, 0) is 0 Å². The van der Waals surface area contributed by atoms with Crippen LogP contribution >= 0.6 is 22.9 Å². The molecule has 3 N–H and O–H groups in total. The Morgan fingerprint density at radius 3 is 2.72 bits per heavy atom. The fraction of sp³-hybridized carbons (Fsp3) is 0.0588. The van der Waals surface area contributed by atoms with E-state index in [1.54, 1.807) is 23.6 Å². The third kappa shape index (κ3) is 3.84. The van der Waals surface area contributed by atoms with Crippen molar-refractivity contribution in [3.05, 3.63) is 58.4 Å². The summed E-state index contributed by atoms with van der Waals surface area (Å²) in [5.74, 6) is 0.0559. The molecule has 0 saturated carbocycles. The number of hydrogen-bond acceptors (Lipinski definition) is 4. The van der Waals surface area contributed by atoms with Crippen molar-refractivity contribution in [3.63, 3.8) is 0 Å². The SMILES string of the molecule is COc1ccc(Cl)cc1NC(=O)NNC(=O)c1csc2ccccc12. The number of hydrogen-bond donors (Lipinski definition) is 3. The number of ether oxygens (including phenoxy) is 1. The van der Waals surface area contributed by atoms with Crippen molar-refractivity contribution in [2.24, 2.45) is 0 Å². The topological polar surface area (TPSA) is 79.5 Å². The van der Waals surface area contributed by atoms with Gasteiger partial charge in [0, 0.05) is 20.5 Å². The minimum atomic E-state index is -0.617. The molecule has 0 aliphatic rings. The Hall–Kier alpha value is -2.77. The smallest absolute Gasteiger partial charge is 0.338 e. The van der Waals surface area contributed by atoms with Gasteiger partial charge in [-0.2, -0.15) is 0 Å². The van der Waals surface area contributed by atoms with Crippen LogP contribution in [0.15, 0.2) is 47.8 Å². The highest BCUT2D eigenvalue weighted by atomic mass is 35.5. The summed E-state index contributed by atoms with van der Waals surface area (Å²) in [6.07, 6.45) is 0. The van der Waals surface area contributed by atoms with Crippen molar-refractivity contribution in [1.82, 2.24) is 10.9 Å². The molecule has 6 nitrogen and oxygen atoms in total. The molecular weight excluding hydrogens is 362 g/mol. The third-order valence-corrected chi connectivity index (χ3v) is 4.62. The quantitative estimate of drug-likeness (QED) is 0.605. The number of thiophene rings is 1. The number of rotatable bonds is 3. The van der Waals surface area contributed by atoms with Crippen LogP contribution in [0.3, 0.4) is 0 Å². The van der Waals surface area contributed by atoms with E-state index >= 15 is 0 Å². The summed E-state index contributed by atoms with van der Waals surface area (Å²) in [4.78, 5) is 24.3. The van der Waals surface area contributed by atoms with Crippen LogP contribution in [-0.4, -0.2) is 19.0 Å². The summed E-state index contributed by atoms with van der Waals surface area (Å²) in [6.45, 7) is 0. The number of urea groups is 1. The maximum absolute atomic E-state index is 12.3. The Morgan fingerprint density at radius 1 is 1.12 bits per heavy atom. The first kappa shape index (κ1) is 17.1. The summed E-state index contributed by atoms with van der Waals surface area (Å²) >= 11 is 7.38. The lowest BCUT2D eigenvalue weighted by Gasteiger charge is -2.12. The minimum absolute atomic E-state index is 0.391. The van der Waals surface area contributed by atoms with E-state index in [0.29, 0.717) is 22.0 Å². The Balaban J connectivity index is 1.64. The largest absolute Gasteiger partial charge is 0.495 e. The number of methoxy groups -OCH3 is 1. The number of fused-ring (bicyclic) bond motifs is 1. The van der Waals surface area contributed by atoms with Crippen LogP contribution in [0.2, 0.25) is 5.02 Å². The van der Waals surface area contributed by atoms with Gasteiger partial charge in [0.1, 0.15) is 5.75 Å². The number of benzene rings is 2. The molecule has 3 amide bonds. The van der Waals surface area contributed by atoms with Crippen molar-refractivity contribution < 1.29 is 14.3 Å². The molecule has 3 rings (SSSR count). The maximum atomic E-state index is 12.3. The van der Waals surface area contributed by atoms with Crippen LogP contribution < -0.4 is 20.9 Å². The lowest BCUT2D eigenvalue weighted by atomic mass is 10.2. The Morgan fingerprint density at radius 2 is 1.92 bits per heavy atom. The van der Waals surface area contributed by atoms with Gasteiger partial charge in [-0.15, -0.1) is 11.3 Å². The zero-order chi connectivity index (χ0) is 17.8. The van der Waals surface area contributed by atoms with E-state index in [-0.39, 0.29) is 0 Å². The van der Waals surface area contributed by atoms with E-state index in [1.807, 2.05) is 24.3 Å². The van der Waals surface area contributed by atoms with Crippen LogP contribution in [0.1, 0.15) is 10.4 Å². The van der Waals surface area contributed by atoms with Gasteiger partial charge < -0.3 is 10.1 Å². The Bertz CT molecular complexity index is 942. The van der Waals surface area contributed by atoms with E-state index in [9.17, 15) is 9.59 Å². The van der Waals surface area contributed by atoms with E-state index in [1.165, 1.54) is 18.4 Å². The molecule has 2 aromatic carbocycles. The molecule has 0 radical (unpaired) electrons. The summed E-state index contributed by atoms with van der Waals surface area (Å²) in [7, 11) is 1.48. The van der Waals surface area contributed by atoms with E-state index in [2.05, 4.69) is 16.2 Å². The molecule has 0 unspecified atom stereocenters. The maximum Gasteiger partial charge on any atom is 0.338 e. The zero-order valence-electron chi connectivity index (χ0n) is 13.1. The number of nitrogens with one attached hydrogen (secondary N) is 3. The summed E-state index contributed by atoms with van der Waals surface area (Å²) < 4.78 is 6.15. The number of hydrazine groups is 1. The van der Waals surface area contributed by atoms with Crippen molar-refractivity contribution >= 4 is 50.6 Å². The fourth-order valence-electron chi connectivity index (χ4n) is 2.27.